The highest BCUT2D eigenvalue weighted by Gasteiger charge is 2.20. The Morgan fingerprint density at radius 2 is 1.95 bits per heavy atom. The summed E-state index contributed by atoms with van der Waals surface area (Å²) in [6, 6.07) is 4.03. The predicted molar refractivity (Wildman–Crippen MR) is 88.5 cm³/mol. The van der Waals surface area contributed by atoms with Crippen molar-refractivity contribution >= 4 is 16.9 Å². The molecule has 3 rings (SSSR count). The molecule has 0 fully saturated rings. The zero-order valence-electron chi connectivity index (χ0n) is 13.3. The molecule has 1 atom stereocenters. The number of aromatic nitrogens is 1. The van der Waals surface area contributed by atoms with E-state index in [0.29, 0.717) is 6.42 Å². The van der Waals surface area contributed by atoms with E-state index in [0.717, 1.165) is 29.6 Å². The standard InChI is InChI=1S/C18H24N2O2/c1-11-14(10-17(19-2)18(21)22)15-8-12-6-4-3-5-7-13(12)9-16(15)20-11/h8-9,17,19-20H,3-7,10H2,1-2H3,(H,21,22). The number of carboxylic acids is 1. The molecule has 0 bridgehead atoms. The van der Waals surface area contributed by atoms with E-state index < -0.39 is 12.0 Å². The smallest absolute Gasteiger partial charge is 0.321 e. The maximum atomic E-state index is 11.3. The van der Waals surface area contributed by atoms with E-state index in [9.17, 15) is 9.90 Å². The summed E-state index contributed by atoms with van der Waals surface area (Å²) in [4.78, 5) is 14.8. The van der Waals surface area contributed by atoms with Gasteiger partial charge in [0.25, 0.3) is 0 Å². The fourth-order valence-electron chi connectivity index (χ4n) is 3.58. The van der Waals surface area contributed by atoms with Crippen LogP contribution in [0.15, 0.2) is 12.1 Å². The maximum Gasteiger partial charge on any atom is 0.321 e. The Morgan fingerprint density at radius 1 is 1.27 bits per heavy atom. The molecule has 2 aromatic rings. The Balaban J connectivity index is 2.05. The molecule has 1 aliphatic carbocycles. The Labute approximate surface area is 130 Å². The number of hydrogen-bond acceptors (Lipinski definition) is 2. The van der Waals surface area contributed by atoms with Gasteiger partial charge in [0.1, 0.15) is 6.04 Å². The third kappa shape index (κ3) is 2.75. The van der Waals surface area contributed by atoms with Crippen LogP contribution in [0.25, 0.3) is 10.9 Å². The van der Waals surface area contributed by atoms with Crippen molar-refractivity contribution in [2.24, 2.45) is 0 Å². The maximum absolute atomic E-state index is 11.3. The van der Waals surface area contributed by atoms with Crippen molar-refractivity contribution in [1.82, 2.24) is 10.3 Å². The average Bonchev–Trinajstić information content (AvgIpc) is 2.64. The molecule has 22 heavy (non-hydrogen) atoms. The monoisotopic (exact) mass is 300 g/mol. The summed E-state index contributed by atoms with van der Waals surface area (Å²) in [7, 11) is 1.70. The number of aryl methyl sites for hydroxylation is 3. The van der Waals surface area contributed by atoms with Gasteiger partial charge in [0.15, 0.2) is 0 Å². The molecular formula is C18H24N2O2. The lowest BCUT2D eigenvalue weighted by Gasteiger charge is -2.12. The first kappa shape index (κ1) is 15.1. The van der Waals surface area contributed by atoms with Crippen molar-refractivity contribution in [3.05, 3.63) is 34.5 Å². The van der Waals surface area contributed by atoms with Gasteiger partial charge < -0.3 is 15.4 Å². The number of nitrogens with one attached hydrogen (secondary N) is 2. The normalized spacial score (nSPS) is 16.3. The van der Waals surface area contributed by atoms with Crippen molar-refractivity contribution in [2.75, 3.05) is 7.05 Å². The van der Waals surface area contributed by atoms with Gasteiger partial charge >= 0.3 is 5.97 Å². The number of carboxylic acid groups (broad SMARTS) is 1. The van der Waals surface area contributed by atoms with E-state index >= 15 is 0 Å². The summed E-state index contributed by atoms with van der Waals surface area (Å²) in [6.07, 6.45) is 6.64. The number of likely N-dealkylation sites (N-methyl/N-ethyl adjacent to an activating group) is 1. The Morgan fingerprint density at radius 3 is 2.59 bits per heavy atom. The third-order valence-corrected chi connectivity index (χ3v) is 4.89. The van der Waals surface area contributed by atoms with Gasteiger partial charge in [0.05, 0.1) is 0 Å². The number of carbonyl (C=O) groups is 1. The second-order valence-electron chi connectivity index (χ2n) is 6.34. The number of aromatic amines is 1. The van der Waals surface area contributed by atoms with Crippen LogP contribution in [0.4, 0.5) is 0 Å². The van der Waals surface area contributed by atoms with Crippen LogP contribution >= 0.6 is 0 Å². The molecule has 0 saturated heterocycles. The first-order valence-corrected chi connectivity index (χ1v) is 8.13. The fraction of sp³-hybridized carbons (Fsp3) is 0.500. The van der Waals surface area contributed by atoms with E-state index in [4.69, 9.17) is 0 Å². The molecule has 0 spiro atoms. The lowest BCUT2D eigenvalue weighted by atomic mass is 9.96. The summed E-state index contributed by atoms with van der Waals surface area (Å²) in [5, 5.41) is 13.4. The van der Waals surface area contributed by atoms with Gasteiger partial charge in [0, 0.05) is 23.0 Å². The van der Waals surface area contributed by atoms with Gasteiger partial charge in [-0.05, 0) is 68.5 Å². The molecule has 0 amide bonds. The second-order valence-corrected chi connectivity index (χ2v) is 6.34. The van der Waals surface area contributed by atoms with Crippen LogP contribution < -0.4 is 5.32 Å². The van der Waals surface area contributed by atoms with Crippen LogP contribution in [0.3, 0.4) is 0 Å². The van der Waals surface area contributed by atoms with Gasteiger partial charge in [-0.2, -0.15) is 0 Å². The molecule has 1 unspecified atom stereocenters. The summed E-state index contributed by atoms with van der Waals surface area (Å²) >= 11 is 0. The number of rotatable bonds is 4. The van der Waals surface area contributed by atoms with Crippen molar-refractivity contribution in [3.8, 4) is 0 Å². The number of benzene rings is 1. The van der Waals surface area contributed by atoms with Crippen LogP contribution in [-0.2, 0) is 24.1 Å². The van der Waals surface area contributed by atoms with Crippen LogP contribution in [-0.4, -0.2) is 29.1 Å². The number of H-pyrrole nitrogens is 1. The van der Waals surface area contributed by atoms with Gasteiger partial charge in [-0.15, -0.1) is 0 Å². The van der Waals surface area contributed by atoms with Crippen LogP contribution in [0, 0.1) is 6.92 Å². The quantitative estimate of drug-likeness (QED) is 0.761. The largest absolute Gasteiger partial charge is 0.480 e. The highest BCUT2D eigenvalue weighted by molar-refractivity contribution is 5.87. The SMILES string of the molecule is CNC(Cc1c(C)[nH]c2cc3c(cc12)CCCCC3)C(=O)O. The van der Waals surface area contributed by atoms with Gasteiger partial charge in [0.2, 0.25) is 0 Å². The van der Waals surface area contributed by atoms with Crippen molar-refractivity contribution in [2.45, 2.75) is 51.5 Å². The minimum atomic E-state index is -0.800. The number of fused-ring (bicyclic) bond motifs is 2. The predicted octanol–water partition coefficient (Wildman–Crippen LogP) is 2.96. The van der Waals surface area contributed by atoms with E-state index in [-0.39, 0.29) is 0 Å². The molecule has 0 radical (unpaired) electrons. The highest BCUT2D eigenvalue weighted by atomic mass is 16.4. The van der Waals surface area contributed by atoms with E-state index in [2.05, 4.69) is 22.4 Å². The summed E-state index contributed by atoms with van der Waals surface area (Å²) in [5.41, 5.74) is 6.26. The van der Waals surface area contributed by atoms with Crippen LogP contribution in [0.2, 0.25) is 0 Å². The summed E-state index contributed by atoms with van der Waals surface area (Å²) in [6.45, 7) is 2.04. The zero-order valence-corrected chi connectivity index (χ0v) is 13.3. The summed E-state index contributed by atoms with van der Waals surface area (Å²) in [5.74, 6) is -0.800. The first-order valence-electron chi connectivity index (χ1n) is 8.13. The molecule has 1 heterocycles. The second kappa shape index (κ2) is 6.13. The molecule has 0 saturated carbocycles. The van der Waals surface area contributed by atoms with E-state index in [1.165, 1.54) is 35.8 Å². The van der Waals surface area contributed by atoms with Crippen molar-refractivity contribution in [1.29, 1.82) is 0 Å². The third-order valence-electron chi connectivity index (χ3n) is 4.89. The Bertz CT molecular complexity index is 703. The number of hydrogen-bond donors (Lipinski definition) is 3. The highest BCUT2D eigenvalue weighted by Crippen LogP contribution is 2.30. The molecule has 0 aliphatic heterocycles. The molecule has 1 aliphatic rings. The van der Waals surface area contributed by atoms with Crippen LogP contribution in [0.5, 0.6) is 0 Å². The molecule has 1 aromatic heterocycles. The zero-order chi connectivity index (χ0) is 15.7. The van der Waals surface area contributed by atoms with Crippen LogP contribution in [0.1, 0.15) is 41.6 Å². The molecular weight excluding hydrogens is 276 g/mol. The molecule has 3 N–H and O–H groups in total. The Hall–Kier alpha value is -1.81. The molecule has 118 valence electrons. The lowest BCUT2D eigenvalue weighted by molar-refractivity contribution is -0.139. The number of aliphatic carboxylic acids is 1. The minimum Gasteiger partial charge on any atom is -0.480 e. The molecule has 4 nitrogen and oxygen atoms in total. The molecule has 4 heteroatoms. The average molecular weight is 300 g/mol. The van der Waals surface area contributed by atoms with Gasteiger partial charge in [-0.1, -0.05) is 6.42 Å². The van der Waals surface area contributed by atoms with Crippen molar-refractivity contribution < 1.29 is 9.90 Å². The van der Waals surface area contributed by atoms with E-state index in [1.807, 2.05) is 6.92 Å². The topological polar surface area (TPSA) is 65.1 Å². The fourth-order valence-corrected chi connectivity index (χ4v) is 3.58. The van der Waals surface area contributed by atoms with E-state index in [1.54, 1.807) is 7.05 Å². The Kier molecular flexibility index (Phi) is 4.21. The lowest BCUT2D eigenvalue weighted by Crippen LogP contribution is -2.35. The van der Waals surface area contributed by atoms with Crippen molar-refractivity contribution in [3.63, 3.8) is 0 Å². The van der Waals surface area contributed by atoms with Gasteiger partial charge in [-0.3, -0.25) is 4.79 Å². The van der Waals surface area contributed by atoms with Gasteiger partial charge in [-0.25, -0.2) is 0 Å². The minimum absolute atomic E-state index is 0.510. The molecule has 1 aromatic carbocycles. The summed E-state index contributed by atoms with van der Waals surface area (Å²) < 4.78 is 0. The first-order chi connectivity index (χ1) is 10.6.